The molecule has 0 saturated heterocycles. The van der Waals surface area contributed by atoms with Crippen LogP contribution in [0.5, 0.6) is 0 Å². The summed E-state index contributed by atoms with van der Waals surface area (Å²) in [6, 6.07) is 6.29. The normalized spacial score (nSPS) is 12.6. The summed E-state index contributed by atoms with van der Waals surface area (Å²) in [6.07, 6.45) is 4.77. The van der Waals surface area contributed by atoms with E-state index in [0.717, 1.165) is 41.7 Å². The molecule has 114 valence electrons. The fourth-order valence-electron chi connectivity index (χ4n) is 2.42. The van der Waals surface area contributed by atoms with E-state index in [1.54, 1.807) is 0 Å². The molecule has 0 aromatic carbocycles. The maximum Gasteiger partial charge on any atom is 0.0766 e. The third-order valence-corrected chi connectivity index (χ3v) is 4.50. The van der Waals surface area contributed by atoms with E-state index in [0.29, 0.717) is 0 Å². The van der Waals surface area contributed by atoms with E-state index >= 15 is 0 Å². The first-order chi connectivity index (χ1) is 10.2. The predicted octanol–water partition coefficient (Wildman–Crippen LogP) is 3.42. The van der Waals surface area contributed by atoms with Crippen LogP contribution in [0.25, 0.3) is 0 Å². The molecule has 4 nitrogen and oxygen atoms in total. The highest BCUT2D eigenvalue weighted by atomic mass is 79.9. The lowest BCUT2D eigenvalue weighted by Crippen LogP contribution is -2.25. The highest BCUT2D eigenvalue weighted by molar-refractivity contribution is 9.10. The van der Waals surface area contributed by atoms with Gasteiger partial charge in [0, 0.05) is 19.7 Å². The zero-order chi connectivity index (χ0) is 15.2. The molecule has 1 N–H and O–H groups in total. The second-order valence-electron chi connectivity index (χ2n) is 5.15. The Kier molecular flexibility index (Phi) is 5.94. The minimum Gasteiger partial charge on any atom is -0.308 e. The van der Waals surface area contributed by atoms with Gasteiger partial charge in [0.2, 0.25) is 0 Å². The Hall–Kier alpha value is -1.20. The third kappa shape index (κ3) is 3.92. The smallest absolute Gasteiger partial charge is 0.0766 e. The first kappa shape index (κ1) is 16.2. The molecule has 21 heavy (non-hydrogen) atoms. The van der Waals surface area contributed by atoms with Crippen LogP contribution in [0.4, 0.5) is 0 Å². The molecule has 0 amide bonds. The molecule has 2 rings (SSSR count). The first-order valence-electron chi connectivity index (χ1n) is 7.51. The van der Waals surface area contributed by atoms with E-state index in [2.05, 4.69) is 51.2 Å². The number of aryl methyl sites for hydroxylation is 2. The van der Waals surface area contributed by atoms with Crippen LogP contribution in [0.2, 0.25) is 0 Å². The second-order valence-corrected chi connectivity index (χ2v) is 5.94. The van der Waals surface area contributed by atoms with Crippen molar-refractivity contribution in [3.63, 3.8) is 0 Å². The maximum atomic E-state index is 4.58. The highest BCUT2D eigenvalue weighted by Gasteiger charge is 2.19. The Labute approximate surface area is 135 Å². The highest BCUT2D eigenvalue weighted by Crippen LogP contribution is 2.26. The summed E-state index contributed by atoms with van der Waals surface area (Å²) in [6.45, 7) is 5.29. The molecule has 0 radical (unpaired) electrons. The summed E-state index contributed by atoms with van der Waals surface area (Å²) in [5, 5.41) is 8.17. The molecule has 1 atom stereocenters. The maximum absolute atomic E-state index is 4.58. The molecule has 1 unspecified atom stereocenters. The average molecular weight is 351 g/mol. The average Bonchev–Trinajstić information content (AvgIpc) is 2.79. The van der Waals surface area contributed by atoms with Crippen LogP contribution in [0.3, 0.4) is 0 Å². The van der Waals surface area contributed by atoms with Gasteiger partial charge in [-0.15, -0.1) is 0 Å². The van der Waals surface area contributed by atoms with Gasteiger partial charge in [-0.1, -0.05) is 19.9 Å². The fourth-order valence-corrected chi connectivity index (χ4v) is 3.20. The SMILES string of the molecule is CCCNC(Cc1c(Br)c(CC)nn1C)c1ccccn1. The molecule has 0 aliphatic heterocycles. The predicted molar refractivity (Wildman–Crippen MR) is 89.3 cm³/mol. The van der Waals surface area contributed by atoms with Crippen LogP contribution >= 0.6 is 15.9 Å². The van der Waals surface area contributed by atoms with Crippen LogP contribution < -0.4 is 5.32 Å². The van der Waals surface area contributed by atoms with Crippen molar-refractivity contribution in [3.05, 3.63) is 46.0 Å². The standard InChI is InChI=1S/C16H23BrN4/c1-4-9-18-14(13-8-6-7-10-19-13)11-15-16(17)12(5-2)20-21(15)3/h6-8,10,14,18H,4-5,9,11H2,1-3H3. The summed E-state index contributed by atoms with van der Waals surface area (Å²) in [4.78, 5) is 4.51. The van der Waals surface area contributed by atoms with Crippen LogP contribution in [0.1, 0.15) is 43.4 Å². The van der Waals surface area contributed by atoms with Crippen molar-refractivity contribution in [2.45, 2.75) is 39.2 Å². The Bertz CT molecular complexity index is 565. The number of aromatic nitrogens is 3. The number of hydrogen-bond acceptors (Lipinski definition) is 3. The third-order valence-electron chi connectivity index (χ3n) is 3.59. The van der Waals surface area contributed by atoms with Gasteiger partial charge in [0.05, 0.1) is 27.6 Å². The van der Waals surface area contributed by atoms with Gasteiger partial charge in [-0.3, -0.25) is 9.67 Å². The van der Waals surface area contributed by atoms with Crippen molar-refractivity contribution in [2.75, 3.05) is 6.54 Å². The number of pyridine rings is 1. The van der Waals surface area contributed by atoms with E-state index in [9.17, 15) is 0 Å². The number of hydrogen-bond donors (Lipinski definition) is 1. The Morgan fingerprint density at radius 2 is 2.14 bits per heavy atom. The van der Waals surface area contributed by atoms with Gasteiger partial charge in [0.15, 0.2) is 0 Å². The number of halogens is 1. The lowest BCUT2D eigenvalue weighted by atomic mass is 10.1. The lowest BCUT2D eigenvalue weighted by Gasteiger charge is -2.18. The lowest BCUT2D eigenvalue weighted by molar-refractivity contribution is 0.501. The monoisotopic (exact) mass is 350 g/mol. The first-order valence-corrected chi connectivity index (χ1v) is 8.31. The molecule has 0 saturated carbocycles. The summed E-state index contributed by atoms with van der Waals surface area (Å²) >= 11 is 3.70. The van der Waals surface area contributed by atoms with Gasteiger partial charge in [0.1, 0.15) is 0 Å². The van der Waals surface area contributed by atoms with Crippen LogP contribution in [-0.4, -0.2) is 21.3 Å². The van der Waals surface area contributed by atoms with Crippen molar-refractivity contribution >= 4 is 15.9 Å². The van der Waals surface area contributed by atoms with Gasteiger partial charge < -0.3 is 5.32 Å². The molecular weight excluding hydrogens is 328 g/mol. The van der Waals surface area contributed by atoms with Crippen LogP contribution in [-0.2, 0) is 19.9 Å². The summed E-state index contributed by atoms with van der Waals surface area (Å²) < 4.78 is 3.11. The van der Waals surface area contributed by atoms with Crippen molar-refractivity contribution in [1.29, 1.82) is 0 Å². The number of nitrogens with zero attached hydrogens (tertiary/aromatic N) is 3. The molecule has 0 fully saturated rings. The van der Waals surface area contributed by atoms with E-state index in [1.807, 2.05) is 30.1 Å². The zero-order valence-electron chi connectivity index (χ0n) is 12.9. The van der Waals surface area contributed by atoms with Crippen molar-refractivity contribution < 1.29 is 0 Å². The second kappa shape index (κ2) is 7.71. The summed E-state index contributed by atoms with van der Waals surface area (Å²) in [7, 11) is 2.01. The van der Waals surface area contributed by atoms with Crippen LogP contribution in [0.15, 0.2) is 28.9 Å². The van der Waals surface area contributed by atoms with E-state index < -0.39 is 0 Å². The van der Waals surface area contributed by atoms with Gasteiger partial charge >= 0.3 is 0 Å². The number of nitrogens with one attached hydrogen (secondary N) is 1. The molecule has 0 aliphatic rings. The largest absolute Gasteiger partial charge is 0.308 e. The van der Waals surface area contributed by atoms with E-state index in [-0.39, 0.29) is 6.04 Å². The van der Waals surface area contributed by atoms with Crippen molar-refractivity contribution in [2.24, 2.45) is 7.05 Å². The Balaban J connectivity index is 2.25. The fraction of sp³-hybridized carbons (Fsp3) is 0.500. The molecule has 2 aromatic heterocycles. The van der Waals surface area contributed by atoms with Gasteiger partial charge in [-0.05, 0) is 47.4 Å². The molecule has 2 aromatic rings. The topological polar surface area (TPSA) is 42.7 Å². The minimum atomic E-state index is 0.211. The number of rotatable bonds is 7. The molecule has 5 heteroatoms. The molecule has 2 heterocycles. The van der Waals surface area contributed by atoms with Crippen molar-refractivity contribution in [1.82, 2.24) is 20.1 Å². The van der Waals surface area contributed by atoms with E-state index in [1.165, 1.54) is 5.69 Å². The van der Waals surface area contributed by atoms with Gasteiger partial charge in [-0.2, -0.15) is 5.10 Å². The molecule has 0 aliphatic carbocycles. The Morgan fingerprint density at radius 3 is 2.71 bits per heavy atom. The van der Waals surface area contributed by atoms with E-state index in [4.69, 9.17) is 0 Å². The quantitative estimate of drug-likeness (QED) is 0.831. The zero-order valence-corrected chi connectivity index (χ0v) is 14.5. The molecular formula is C16H23BrN4. The van der Waals surface area contributed by atoms with Crippen LogP contribution in [0, 0.1) is 0 Å². The molecule has 0 spiro atoms. The van der Waals surface area contributed by atoms with Gasteiger partial charge in [-0.25, -0.2) is 0 Å². The van der Waals surface area contributed by atoms with Crippen molar-refractivity contribution in [3.8, 4) is 0 Å². The minimum absolute atomic E-state index is 0.211. The molecule has 0 bridgehead atoms. The summed E-state index contributed by atoms with van der Waals surface area (Å²) in [5.41, 5.74) is 3.41. The Morgan fingerprint density at radius 1 is 1.33 bits per heavy atom. The summed E-state index contributed by atoms with van der Waals surface area (Å²) in [5.74, 6) is 0. The van der Waals surface area contributed by atoms with Gasteiger partial charge in [0.25, 0.3) is 0 Å².